The Morgan fingerprint density at radius 1 is 0.679 bits per heavy atom. The van der Waals surface area contributed by atoms with Gasteiger partial charge in [0.15, 0.2) is 27.8 Å². The highest BCUT2D eigenvalue weighted by Crippen LogP contribution is 2.35. The number of likely N-dealkylation sites (tertiary alicyclic amines) is 2. The lowest BCUT2D eigenvalue weighted by Gasteiger charge is -2.47. The van der Waals surface area contributed by atoms with E-state index in [1.165, 1.54) is 12.1 Å². The summed E-state index contributed by atoms with van der Waals surface area (Å²) in [6.45, 7) is 16.5. The van der Waals surface area contributed by atoms with Crippen molar-refractivity contribution in [1.82, 2.24) is 44.9 Å². The van der Waals surface area contributed by atoms with E-state index in [4.69, 9.17) is 61.9 Å². The maximum atomic E-state index is 14.3. The van der Waals surface area contributed by atoms with Crippen LogP contribution in [-0.2, 0) is 40.5 Å². The molecule has 1 aliphatic carbocycles. The second kappa shape index (κ2) is 25.7. The zero-order valence-electron chi connectivity index (χ0n) is 45.6. The molecule has 4 saturated heterocycles. The van der Waals surface area contributed by atoms with Crippen molar-refractivity contribution in [1.29, 1.82) is 0 Å². The Labute approximate surface area is 492 Å². The van der Waals surface area contributed by atoms with Gasteiger partial charge in [0.05, 0.1) is 12.2 Å². The van der Waals surface area contributed by atoms with Crippen LogP contribution in [0.1, 0.15) is 84.7 Å². The number of piperazine rings is 2. The number of piperidine rings is 2. The molecule has 5 aliphatic heterocycles. The summed E-state index contributed by atoms with van der Waals surface area (Å²) in [5, 5.41) is 10.4. The van der Waals surface area contributed by atoms with E-state index < -0.39 is 34.6 Å². The molecule has 5 N–H and O–H groups in total. The van der Waals surface area contributed by atoms with Gasteiger partial charge in [-0.15, -0.1) is 0 Å². The zero-order chi connectivity index (χ0) is 57.2. The van der Waals surface area contributed by atoms with Crippen LogP contribution in [0.15, 0.2) is 46.0 Å². The number of carbonyl (C=O) groups excluding carboxylic acids is 2. The summed E-state index contributed by atoms with van der Waals surface area (Å²) in [5.74, 6) is 0.292. The number of benzene rings is 2. The van der Waals surface area contributed by atoms with Gasteiger partial charge in [0.25, 0.3) is 10.9 Å². The minimum atomic E-state index is -0.785. The smallest absolute Gasteiger partial charge is 0.253 e. The average Bonchev–Trinajstić information content (AvgIpc) is 3.30. The van der Waals surface area contributed by atoms with Gasteiger partial charge in [-0.3, -0.25) is 44.1 Å². The molecule has 25 heteroatoms. The van der Waals surface area contributed by atoms with E-state index in [2.05, 4.69) is 74.1 Å². The maximum Gasteiger partial charge on any atom is 0.253 e. The van der Waals surface area contributed by atoms with Crippen LogP contribution in [0.2, 0.25) is 20.4 Å². The maximum absolute atomic E-state index is 14.3. The third kappa shape index (κ3) is 12.8. The fourth-order valence-corrected chi connectivity index (χ4v) is 13.1. The van der Waals surface area contributed by atoms with E-state index >= 15 is 0 Å². The summed E-state index contributed by atoms with van der Waals surface area (Å²) in [6.07, 6.45) is 5.30. The lowest BCUT2D eigenvalue weighted by molar-refractivity contribution is -0.158. The number of nitrogens with two attached hydrogens (primary N) is 1. The number of hydrogen-bond acceptors (Lipinski definition) is 19. The highest BCUT2D eigenvalue weighted by molar-refractivity contribution is 6.48. The van der Waals surface area contributed by atoms with Crippen molar-refractivity contribution in [2.24, 2.45) is 0 Å². The predicted molar refractivity (Wildman–Crippen MR) is 316 cm³/mol. The number of rotatable bonds is 15. The molecular weight excluding hydrogens is 1130 g/mol. The van der Waals surface area contributed by atoms with Gasteiger partial charge in [0.1, 0.15) is 46.7 Å². The van der Waals surface area contributed by atoms with Crippen molar-refractivity contribution in [3.8, 4) is 0 Å². The number of ketones is 2. The molecule has 7 heterocycles. The van der Waals surface area contributed by atoms with Crippen LogP contribution < -0.4 is 42.3 Å². The molecule has 11 rings (SSSR count). The summed E-state index contributed by atoms with van der Waals surface area (Å²) in [6, 6.07) is 10.7. The van der Waals surface area contributed by atoms with E-state index in [-0.39, 0.29) is 49.9 Å². The van der Waals surface area contributed by atoms with Crippen LogP contribution in [0.25, 0.3) is 0 Å². The highest BCUT2D eigenvalue weighted by Gasteiger charge is 2.50. The number of ether oxygens (including phenoxy) is 1. The number of halogens is 6. The predicted octanol–water partition coefficient (Wildman–Crippen LogP) is 7.33. The number of carbonyl (C=O) groups is 2. The molecule has 0 radical (unpaired) electrons. The third-order valence-corrected chi connectivity index (χ3v) is 17.8. The van der Waals surface area contributed by atoms with Crippen molar-refractivity contribution < 1.29 is 26.0 Å². The largest absolute Gasteiger partial charge is 0.382 e. The molecule has 0 spiro atoms. The molecule has 6 aliphatic rings. The monoisotopic (exact) mass is 1200 g/mol. The fraction of sp³-hybridized carbons (Fsp3) is 0.536. The van der Waals surface area contributed by atoms with Crippen molar-refractivity contribution in [3.63, 3.8) is 0 Å². The van der Waals surface area contributed by atoms with E-state index in [1.54, 1.807) is 31.2 Å². The Kier molecular flexibility index (Phi) is 18.7. The number of fused-ring (bicyclic) bond motifs is 2. The Hall–Kier alpha value is -5.20. The molecule has 5 fully saturated rings. The normalized spacial score (nSPS) is 22.6. The number of anilines is 6. The number of nitrogens with one attached hydrogen (secondary N) is 3. The van der Waals surface area contributed by atoms with E-state index in [1.807, 2.05) is 0 Å². The Bertz CT molecular complexity index is 3210. The summed E-state index contributed by atoms with van der Waals surface area (Å²) in [7, 11) is 0. The Morgan fingerprint density at radius 3 is 1.72 bits per heavy atom. The first-order chi connectivity index (χ1) is 39.0. The van der Waals surface area contributed by atoms with Crippen molar-refractivity contribution >= 4 is 92.6 Å². The van der Waals surface area contributed by atoms with Gasteiger partial charge in [0, 0.05) is 114 Å². The molecule has 2 unspecified atom stereocenters. The summed E-state index contributed by atoms with van der Waals surface area (Å²) in [5.41, 5.74) is 8.06. The van der Waals surface area contributed by atoms with Gasteiger partial charge < -0.3 is 30.9 Å². The van der Waals surface area contributed by atoms with Gasteiger partial charge in [-0.1, -0.05) is 72.4 Å². The quantitative estimate of drug-likeness (QED) is 0.0756. The van der Waals surface area contributed by atoms with Gasteiger partial charge in [0.2, 0.25) is 11.6 Å². The number of Topliss-reactive ketones (excluding diaryl/α,β-unsaturated/α-hetero) is 2. The average molecular weight is 1200 g/mol. The minimum absolute atomic E-state index is 0. The summed E-state index contributed by atoms with van der Waals surface area (Å²) < 4.78 is 33.9. The topological polar surface area (TPSA) is 211 Å². The highest BCUT2D eigenvalue weighted by atomic mass is 35.5. The molecule has 0 amide bonds. The molecule has 438 valence electrons. The van der Waals surface area contributed by atoms with E-state index in [9.17, 15) is 28.0 Å². The van der Waals surface area contributed by atoms with Crippen molar-refractivity contribution in [2.45, 2.75) is 122 Å². The molecule has 2 aromatic heterocycles. The molecule has 81 heavy (non-hydrogen) atoms. The zero-order valence-corrected chi connectivity index (χ0v) is 48.7. The molecule has 0 bridgehead atoms. The van der Waals surface area contributed by atoms with Crippen LogP contribution in [0.3, 0.4) is 0 Å². The van der Waals surface area contributed by atoms with E-state index in [0.717, 1.165) is 104 Å². The fourth-order valence-electron chi connectivity index (χ4n) is 12.3. The second-order valence-corrected chi connectivity index (χ2v) is 23.2. The Morgan fingerprint density at radius 2 is 1.20 bits per heavy atom. The van der Waals surface area contributed by atoms with Crippen LogP contribution in [0.4, 0.5) is 43.4 Å². The lowest BCUT2D eigenvalue weighted by Crippen LogP contribution is -2.64. The van der Waals surface area contributed by atoms with Crippen LogP contribution >= 0.6 is 46.4 Å². The standard InChI is InChI=1S/C29H38Cl2FN7O3.C27H30Cl2FN7O2.2H2/c1-3-19-16-38(11-12-39(19)20-7-9-37(10-8-20)15-17-5-6-18(30)13-21(17)32)29-27(31)35-22(28(33)36-29)14-34-23-24(40)25(41)26(23)42-4-2;1-2-17-14-36(27-25(29)32-20-12-31-21-22(24(39)23(21)38)33-26(20)34-27)9-10-37(17)18-5-7-35(8-6-18)13-15-3-4-16(28)11-19(15)30;;/h5-6,13,19-20,23,26,34H,3-4,7-12,14-16H2,1-2H3,(H2,33,36);3-4,11,17-18,31H,2,5-10,12-14H2,1H3,(H,33,34);2*1H/t19-,23?,26?;17-;;/m00../s1. The SMILES string of the molecule is CCOC1C(=O)C(=O)C1NCc1nc(Cl)c(N2CCN(C3CCN(Cc4ccc(Cl)cc4F)CC3)[C@@H](CC)C2)nc1N.CC[C@H]1CN(c2nc3c(nc2Cl)CNc2c(c(=O)c2=O)N3)CCN1C1CCN(Cc2ccc(Cl)cc2F)CC1.[HH].[HH]. The molecule has 1 saturated carbocycles. The number of hydrogen-bond donors (Lipinski definition) is 4. The molecule has 4 atom stereocenters. The molecule has 3 aromatic carbocycles. The lowest BCUT2D eigenvalue weighted by atomic mass is 9.85. The number of nitrogens with zero attached hydrogens (tertiary/aromatic N) is 10. The Balaban J connectivity index is 0.000000212. The first kappa shape index (κ1) is 59.0. The first-order valence-corrected chi connectivity index (χ1v) is 29.5. The second-order valence-electron chi connectivity index (χ2n) is 21.6. The van der Waals surface area contributed by atoms with Crippen LogP contribution in [0, 0.1) is 11.6 Å². The minimum Gasteiger partial charge on any atom is -0.382 e. The number of nitrogen functional groups attached to an aromatic ring is 1. The van der Waals surface area contributed by atoms with Gasteiger partial charge in [-0.2, -0.15) is 0 Å². The number of aromatic nitrogens is 4. The van der Waals surface area contributed by atoms with Gasteiger partial charge >= 0.3 is 0 Å². The van der Waals surface area contributed by atoms with Crippen molar-refractivity contribution in [2.75, 3.05) is 98.2 Å². The molecular formula is C56H72Cl4F2N14O5. The first-order valence-electron chi connectivity index (χ1n) is 28.0. The third-order valence-electron chi connectivity index (χ3n) is 16.8. The van der Waals surface area contributed by atoms with Crippen molar-refractivity contribution in [3.05, 3.63) is 111 Å². The summed E-state index contributed by atoms with van der Waals surface area (Å²) >= 11 is 25.0. The summed E-state index contributed by atoms with van der Waals surface area (Å²) in [4.78, 5) is 80.1. The van der Waals surface area contributed by atoms with Crippen LogP contribution in [0.5, 0.6) is 0 Å². The van der Waals surface area contributed by atoms with Crippen LogP contribution in [-0.4, -0.2) is 159 Å². The molecule has 19 nitrogen and oxygen atoms in total. The molecule has 5 aromatic rings. The van der Waals surface area contributed by atoms with E-state index in [0.29, 0.717) is 99.0 Å². The van der Waals surface area contributed by atoms with Gasteiger partial charge in [-0.25, -0.2) is 28.7 Å². The van der Waals surface area contributed by atoms with Gasteiger partial charge in [-0.05, 0) is 95.9 Å².